The summed E-state index contributed by atoms with van der Waals surface area (Å²) >= 11 is 0. The topological polar surface area (TPSA) is 72.2 Å². The normalized spacial score (nSPS) is 23.6. The van der Waals surface area contributed by atoms with Crippen molar-refractivity contribution >= 4 is 22.4 Å². The van der Waals surface area contributed by atoms with Crippen molar-refractivity contribution < 1.29 is 9.00 Å². The van der Waals surface area contributed by atoms with Crippen LogP contribution in [0.4, 0.5) is 5.69 Å². The molecule has 0 radical (unpaired) electrons. The van der Waals surface area contributed by atoms with E-state index in [4.69, 9.17) is 5.73 Å². The van der Waals surface area contributed by atoms with Gasteiger partial charge in [-0.1, -0.05) is 6.07 Å². The Kier molecular flexibility index (Phi) is 4.01. The Morgan fingerprint density at radius 2 is 2.06 bits per heavy atom. The van der Waals surface area contributed by atoms with E-state index in [0.29, 0.717) is 22.8 Å². The zero-order chi connectivity index (χ0) is 13.1. The summed E-state index contributed by atoms with van der Waals surface area (Å²) in [5.41, 5.74) is 7.91. The van der Waals surface area contributed by atoms with Gasteiger partial charge in [0.2, 0.25) is 0 Å². The second kappa shape index (κ2) is 5.52. The third kappa shape index (κ3) is 3.10. The number of hydrogen-bond acceptors (Lipinski definition) is 3. The number of carbonyl (C=O) groups excluding carboxylic acids is 1. The monoisotopic (exact) mass is 266 g/mol. The van der Waals surface area contributed by atoms with Gasteiger partial charge < -0.3 is 11.1 Å². The summed E-state index contributed by atoms with van der Waals surface area (Å²) in [4.78, 5) is 12.1. The average Bonchev–Trinajstić information content (AvgIpc) is 2.32. The van der Waals surface area contributed by atoms with Crippen molar-refractivity contribution in [2.45, 2.75) is 25.8 Å². The number of aryl methyl sites for hydroxylation is 1. The van der Waals surface area contributed by atoms with Crippen molar-refractivity contribution in [3.63, 3.8) is 0 Å². The highest BCUT2D eigenvalue weighted by molar-refractivity contribution is 7.85. The molecule has 0 atom stereocenters. The van der Waals surface area contributed by atoms with Crippen molar-refractivity contribution in [2.75, 3.05) is 17.2 Å². The van der Waals surface area contributed by atoms with Gasteiger partial charge in [0.05, 0.1) is 5.56 Å². The fourth-order valence-corrected chi connectivity index (χ4v) is 3.39. The number of nitrogen functional groups attached to an aromatic ring is 1. The molecule has 0 aliphatic carbocycles. The van der Waals surface area contributed by atoms with Gasteiger partial charge in [0, 0.05) is 34.0 Å². The summed E-state index contributed by atoms with van der Waals surface area (Å²) in [5, 5.41) is 2.96. The number of anilines is 1. The van der Waals surface area contributed by atoms with Gasteiger partial charge in [-0.05, 0) is 37.5 Å². The van der Waals surface area contributed by atoms with Crippen LogP contribution in [0.2, 0.25) is 0 Å². The Bertz CT molecular complexity index is 478. The highest BCUT2D eigenvalue weighted by Gasteiger charge is 2.20. The van der Waals surface area contributed by atoms with E-state index in [1.165, 1.54) is 0 Å². The van der Waals surface area contributed by atoms with Crippen molar-refractivity contribution in [1.29, 1.82) is 0 Å². The molecule has 5 heteroatoms. The van der Waals surface area contributed by atoms with E-state index >= 15 is 0 Å². The van der Waals surface area contributed by atoms with Crippen molar-refractivity contribution in [1.82, 2.24) is 5.32 Å². The lowest BCUT2D eigenvalue weighted by molar-refractivity contribution is 0.0935. The molecule has 1 aliphatic rings. The fraction of sp³-hybridized carbons (Fsp3) is 0.462. The van der Waals surface area contributed by atoms with Crippen LogP contribution in [0.1, 0.15) is 28.8 Å². The van der Waals surface area contributed by atoms with Crippen LogP contribution in [0, 0.1) is 6.92 Å². The summed E-state index contributed by atoms with van der Waals surface area (Å²) in [7, 11) is -0.704. The molecule has 1 amide bonds. The molecule has 98 valence electrons. The quantitative estimate of drug-likeness (QED) is 0.791. The molecule has 0 bridgehead atoms. The van der Waals surface area contributed by atoms with Crippen LogP contribution < -0.4 is 11.1 Å². The maximum Gasteiger partial charge on any atom is 0.253 e. The van der Waals surface area contributed by atoms with Gasteiger partial charge in [0.15, 0.2) is 0 Å². The molecule has 2 rings (SSSR count). The molecule has 1 aliphatic heterocycles. The number of rotatable bonds is 2. The van der Waals surface area contributed by atoms with Crippen LogP contribution in [-0.2, 0) is 10.8 Å². The van der Waals surface area contributed by atoms with Gasteiger partial charge in [0.25, 0.3) is 5.91 Å². The maximum atomic E-state index is 12.1. The lowest BCUT2D eigenvalue weighted by Crippen LogP contribution is -2.39. The first-order chi connectivity index (χ1) is 8.56. The summed E-state index contributed by atoms with van der Waals surface area (Å²) in [6.45, 7) is 1.94. The van der Waals surface area contributed by atoms with Crippen molar-refractivity contribution in [3.8, 4) is 0 Å². The minimum atomic E-state index is -0.704. The van der Waals surface area contributed by atoms with E-state index in [9.17, 15) is 9.00 Å². The first-order valence-electron chi connectivity index (χ1n) is 6.08. The molecule has 1 aromatic rings. The van der Waals surface area contributed by atoms with Crippen molar-refractivity contribution in [3.05, 3.63) is 29.3 Å². The van der Waals surface area contributed by atoms with E-state index in [-0.39, 0.29) is 11.9 Å². The minimum Gasteiger partial charge on any atom is -0.398 e. The molecule has 1 heterocycles. The number of carbonyl (C=O) groups is 1. The zero-order valence-electron chi connectivity index (χ0n) is 10.4. The number of benzene rings is 1. The molecule has 18 heavy (non-hydrogen) atoms. The molecule has 3 N–H and O–H groups in total. The SMILES string of the molecule is Cc1ccc(C(=O)NC2CCS(=O)CC2)c(N)c1. The summed E-state index contributed by atoms with van der Waals surface area (Å²) in [6.07, 6.45) is 1.56. The van der Waals surface area contributed by atoms with Crippen LogP contribution in [-0.4, -0.2) is 27.7 Å². The molecule has 1 aromatic carbocycles. The van der Waals surface area contributed by atoms with Gasteiger partial charge in [-0.3, -0.25) is 9.00 Å². The average molecular weight is 266 g/mol. The van der Waals surface area contributed by atoms with Gasteiger partial charge >= 0.3 is 0 Å². The molecule has 0 spiro atoms. The lowest BCUT2D eigenvalue weighted by atomic mass is 10.1. The van der Waals surface area contributed by atoms with Gasteiger partial charge in [-0.15, -0.1) is 0 Å². The number of nitrogens with two attached hydrogens (primary N) is 1. The number of amides is 1. The van der Waals surface area contributed by atoms with Crippen LogP contribution in [0.3, 0.4) is 0 Å². The first-order valence-corrected chi connectivity index (χ1v) is 7.57. The smallest absolute Gasteiger partial charge is 0.253 e. The van der Waals surface area contributed by atoms with E-state index in [1.807, 2.05) is 13.0 Å². The van der Waals surface area contributed by atoms with Gasteiger partial charge in [0.1, 0.15) is 0 Å². The molecular formula is C13H18N2O2S. The first kappa shape index (κ1) is 13.1. The third-order valence-electron chi connectivity index (χ3n) is 3.17. The Hall–Kier alpha value is -1.36. The molecule has 0 unspecified atom stereocenters. The van der Waals surface area contributed by atoms with Crippen molar-refractivity contribution in [2.24, 2.45) is 0 Å². The molecule has 0 saturated carbocycles. The summed E-state index contributed by atoms with van der Waals surface area (Å²) < 4.78 is 11.2. The third-order valence-corrected chi connectivity index (χ3v) is 4.56. The lowest BCUT2D eigenvalue weighted by Gasteiger charge is -2.22. The Balaban J connectivity index is 2.01. The molecule has 1 saturated heterocycles. The van der Waals surface area contributed by atoms with Gasteiger partial charge in [-0.25, -0.2) is 0 Å². The zero-order valence-corrected chi connectivity index (χ0v) is 11.3. The Labute approximate surface area is 109 Å². The van der Waals surface area contributed by atoms with Crippen LogP contribution in [0.15, 0.2) is 18.2 Å². The molecule has 1 fully saturated rings. The van der Waals surface area contributed by atoms with Crippen LogP contribution in [0.5, 0.6) is 0 Å². The summed E-state index contributed by atoms with van der Waals surface area (Å²) in [5.74, 6) is 1.22. The van der Waals surface area contributed by atoms with Crippen LogP contribution >= 0.6 is 0 Å². The van der Waals surface area contributed by atoms with E-state index in [2.05, 4.69) is 5.32 Å². The van der Waals surface area contributed by atoms with E-state index in [1.54, 1.807) is 12.1 Å². The summed E-state index contributed by atoms with van der Waals surface area (Å²) in [6, 6.07) is 5.54. The predicted octanol–water partition coefficient (Wildman–Crippen LogP) is 1.22. The largest absolute Gasteiger partial charge is 0.398 e. The number of hydrogen-bond donors (Lipinski definition) is 2. The number of nitrogens with one attached hydrogen (secondary N) is 1. The highest BCUT2D eigenvalue weighted by atomic mass is 32.2. The van der Waals surface area contributed by atoms with Gasteiger partial charge in [-0.2, -0.15) is 0 Å². The van der Waals surface area contributed by atoms with Crippen LogP contribution in [0.25, 0.3) is 0 Å². The predicted molar refractivity (Wildman–Crippen MR) is 74.0 cm³/mol. The molecule has 0 aromatic heterocycles. The molecule has 4 nitrogen and oxygen atoms in total. The standard InChI is InChI=1S/C13H18N2O2S/c1-9-2-3-11(12(14)8-9)13(16)15-10-4-6-18(17)7-5-10/h2-3,8,10H,4-7,14H2,1H3,(H,15,16). The highest BCUT2D eigenvalue weighted by Crippen LogP contribution is 2.15. The second-order valence-electron chi connectivity index (χ2n) is 4.69. The fourth-order valence-electron chi connectivity index (χ4n) is 2.09. The van der Waals surface area contributed by atoms with E-state index in [0.717, 1.165) is 18.4 Å². The molecular weight excluding hydrogens is 248 g/mol. The maximum absolute atomic E-state index is 12.1. The Morgan fingerprint density at radius 3 is 2.67 bits per heavy atom. The second-order valence-corrected chi connectivity index (χ2v) is 6.38. The van der Waals surface area contributed by atoms with E-state index < -0.39 is 10.8 Å². The Morgan fingerprint density at radius 1 is 1.39 bits per heavy atom. The minimum absolute atomic E-state index is 0.121.